The fraction of sp³-hybridized carbons (Fsp3) is 0.600. The molecule has 0 saturated carbocycles. The van der Waals surface area contributed by atoms with Crippen LogP contribution in [-0.4, -0.2) is 38.9 Å². The van der Waals surface area contributed by atoms with Crippen LogP contribution in [0.4, 0.5) is 5.82 Å². The summed E-state index contributed by atoms with van der Waals surface area (Å²) in [5.41, 5.74) is 0. The molecular formula is C15H19N3O4S2. The number of nitrogens with zero attached hydrogens (tertiary/aromatic N) is 3. The molecule has 1 aromatic rings. The van der Waals surface area contributed by atoms with Crippen molar-refractivity contribution in [3.8, 4) is 0 Å². The molecule has 1 fully saturated rings. The number of ether oxygens (including phenoxy) is 2. The third kappa shape index (κ3) is 3.41. The van der Waals surface area contributed by atoms with Gasteiger partial charge < -0.3 is 9.47 Å². The maximum atomic E-state index is 11.5. The van der Waals surface area contributed by atoms with E-state index in [1.165, 1.54) is 19.3 Å². The van der Waals surface area contributed by atoms with Crippen molar-refractivity contribution in [3.63, 3.8) is 0 Å². The lowest BCUT2D eigenvalue weighted by Crippen LogP contribution is -2.51. The smallest absolute Gasteiger partial charge is 0.391 e. The number of carbonyl (C=O) groups excluding carboxylic acids is 2. The number of anilines is 1. The molecule has 24 heavy (non-hydrogen) atoms. The van der Waals surface area contributed by atoms with Gasteiger partial charge in [0.1, 0.15) is 0 Å². The monoisotopic (exact) mass is 369 g/mol. The average molecular weight is 369 g/mol. The van der Waals surface area contributed by atoms with Crippen molar-refractivity contribution < 1.29 is 19.1 Å². The Morgan fingerprint density at radius 1 is 1.25 bits per heavy atom. The molecule has 0 unspecified atom stereocenters. The van der Waals surface area contributed by atoms with Crippen LogP contribution >= 0.6 is 23.5 Å². The van der Waals surface area contributed by atoms with E-state index in [2.05, 4.69) is 15.7 Å². The summed E-state index contributed by atoms with van der Waals surface area (Å²) in [5, 5.41) is 0.783. The molecule has 7 nitrogen and oxygen atoms in total. The minimum absolute atomic E-state index is 0.534. The van der Waals surface area contributed by atoms with Crippen molar-refractivity contribution in [1.82, 2.24) is 8.75 Å². The van der Waals surface area contributed by atoms with Gasteiger partial charge in [0, 0.05) is 12.6 Å². The first-order valence-corrected chi connectivity index (χ1v) is 9.75. The predicted molar refractivity (Wildman–Crippen MR) is 90.8 cm³/mol. The number of unbranched alkanes of at least 4 members (excludes halogenated alkanes) is 3. The van der Waals surface area contributed by atoms with Crippen LogP contribution in [-0.2, 0) is 19.1 Å². The quantitative estimate of drug-likeness (QED) is 0.239. The summed E-state index contributed by atoms with van der Waals surface area (Å²) in [7, 11) is 0. The molecule has 1 spiro atoms. The van der Waals surface area contributed by atoms with Gasteiger partial charge in [0.05, 0.1) is 11.7 Å². The first kappa shape index (κ1) is 17.2. The first-order valence-electron chi connectivity index (χ1n) is 8.03. The van der Waals surface area contributed by atoms with Crippen molar-refractivity contribution in [2.75, 3.05) is 17.2 Å². The van der Waals surface area contributed by atoms with Crippen LogP contribution in [0.2, 0.25) is 0 Å². The molecule has 3 rings (SSSR count). The summed E-state index contributed by atoms with van der Waals surface area (Å²) in [5.74, 6) is -1.92. The van der Waals surface area contributed by atoms with E-state index < -0.39 is 17.8 Å². The summed E-state index contributed by atoms with van der Waals surface area (Å²) in [6.45, 7) is 2.72. The van der Waals surface area contributed by atoms with Crippen LogP contribution in [0.25, 0.3) is 0 Å². The van der Waals surface area contributed by atoms with Crippen molar-refractivity contribution in [1.29, 1.82) is 0 Å². The Bertz CT molecular complexity index is 630. The Morgan fingerprint density at radius 3 is 2.79 bits per heavy atom. The van der Waals surface area contributed by atoms with Crippen LogP contribution in [0.15, 0.2) is 17.2 Å². The summed E-state index contributed by atoms with van der Waals surface area (Å²) in [6.07, 6.45) is 8.91. The molecule has 1 aromatic heterocycles. The van der Waals surface area contributed by atoms with E-state index >= 15 is 0 Å². The molecule has 0 bridgehead atoms. The second-order valence-corrected chi connectivity index (χ2v) is 7.17. The lowest BCUT2D eigenvalue weighted by Gasteiger charge is -2.37. The first-order chi connectivity index (χ1) is 11.7. The van der Waals surface area contributed by atoms with Gasteiger partial charge in [0.2, 0.25) is 0 Å². The molecule has 2 aliphatic rings. The molecule has 2 aliphatic heterocycles. The van der Waals surface area contributed by atoms with E-state index in [-0.39, 0.29) is 0 Å². The number of hydrogen-bond donors (Lipinski definition) is 0. The van der Waals surface area contributed by atoms with E-state index in [0.717, 1.165) is 35.3 Å². The summed E-state index contributed by atoms with van der Waals surface area (Å²) >= 11 is 2.74. The van der Waals surface area contributed by atoms with Crippen molar-refractivity contribution in [3.05, 3.63) is 12.2 Å². The Kier molecular flexibility index (Phi) is 5.40. The number of carbonyl (C=O) groups is 2. The van der Waals surface area contributed by atoms with Gasteiger partial charge >= 0.3 is 17.8 Å². The number of thioether (sulfide) groups is 1. The van der Waals surface area contributed by atoms with Gasteiger partial charge in [0.15, 0.2) is 10.8 Å². The van der Waals surface area contributed by atoms with Gasteiger partial charge in [-0.1, -0.05) is 32.3 Å². The summed E-state index contributed by atoms with van der Waals surface area (Å²) < 4.78 is 19.1. The number of hydrogen-bond acceptors (Lipinski definition) is 9. The zero-order chi connectivity index (χ0) is 17.0. The number of rotatable bonds is 7. The lowest BCUT2D eigenvalue weighted by molar-refractivity contribution is -0.160. The molecule has 3 heterocycles. The zero-order valence-electron chi connectivity index (χ0n) is 13.4. The highest BCUT2D eigenvalue weighted by molar-refractivity contribution is 7.99. The molecule has 130 valence electrons. The van der Waals surface area contributed by atoms with Crippen LogP contribution in [0.5, 0.6) is 0 Å². The molecule has 0 aliphatic carbocycles. The standard InChI is InChI=1S/C15H19N3O4S2/c1-2-3-4-7-10-23-12-11(16-24-17-12)18-9-6-5-8-15(18)21-13(19)14(20)22-15/h5,8H,2-4,6-7,9-10H2,1H3. The van der Waals surface area contributed by atoms with E-state index in [9.17, 15) is 9.59 Å². The van der Waals surface area contributed by atoms with Gasteiger partial charge in [-0.3, -0.25) is 4.90 Å². The second kappa shape index (κ2) is 7.52. The molecule has 0 N–H and O–H groups in total. The van der Waals surface area contributed by atoms with Gasteiger partial charge in [-0.15, -0.1) is 11.8 Å². The molecule has 9 heteroatoms. The minimum atomic E-state index is -1.51. The van der Waals surface area contributed by atoms with Gasteiger partial charge in [-0.25, -0.2) is 9.59 Å². The van der Waals surface area contributed by atoms with Crippen molar-refractivity contribution in [2.45, 2.75) is 50.0 Å². The maximum absolute atomic E-state index is 11.5. The van der Waals surface area contributed by atoms with E-state index in [4.69, 9.17) is 9.47 Å². The van der Waals surface area contributed by atoms with Crippen LogP contribution in [0, 0.1) is 0 Å². The second-order valence-electron chi connectivity index (χ2n) is 5.55. The van der Waals surface area contributed by atoms with Crippen LogP contribution in [0.1, 0.15) is 39.0 Å². The SMILES string of the molecule is CCCCCCSc1nsnc1N1CCC=CC12OC(=O)C(=O)O2. The highest BCUT2D eigenvalue weighted by atomic mass is 32.2. The minimum Gasteiger partial charge on any atom is -0.391 e. The van der Waals surface area contributed by atoms with E-state index in [1.54, 1.807) is 22.7 Å². The Hall–Kier alpha value is -1.61. The summed E-state index contributed by atoms with van der Waals surface area (Å²) in [4.78, 5) is 24.8. The zero-order valence-corrected chi connectivity index (χ0v) is 15.0. The van der Waals surface area contributed by atoms with Gasteiger partial charge in [0.25, 0.3) is 0 Å². The third-order valence-electron chi connectivity index (χ3n) is 3.80. The fourth-order valence-corrected chi connectivity index (χ4v) is 4.27. The van der Waals surface area contributed by atoms with Gasteiger partial charge in [-0.05, 0) is 18.6 Å². The molecule has 0 radical (unpaired) electrons. The number of esters is 2. The Morgan fingerprint density at radius 2 is 2.04 bits per heavy atom. The normalized spacial score (nSPS) is 19.0. The summed E-state index contributed by atoms with van der Waals surface area (Å²) in [6, 6.07) is 0. The number of aromatic nitrogens is 2. The maximum Gasteiger partial charge on any atom is 0.422 e. The van der Waals surface area contributed by atoms with Crippen LogP contribution < -0.4 is 4.90 Å². The largest absolute Gasteiger partial charge is 0.422 e. The van der Waals surface area contributed by atoms with Gasteiger partial charge in [-0.2, -0.15) is 8.75 Å². The Labute approximate surface area is 148 Å². The van der Waals surface area contributed by atoms with E-state index in [0.29, 0.717) is 12.4 Å². The molecule has 0 atom stereocenters. The highest BCUT2D eigenvalue weighted by Gasteiger charge is 2.53. The molecule has 0 aromatic carbocycles. The third-order valence-corrected chi connectivity index (χ3v) is 5.48. The van der Waals surface area contributed by atoms with Crippen molar-refractivity contribution >= 4 is 41.2 Å². The van der Waals surface area contributed by atoms with Crippen LogP contribution in [0.3, 0.4) is 0 Å². The average Bonchev–Trinajstić information content (AvgIpc) is 3.13. The van der Waals surface area contributed by atoms with Crippen molar-refractivity contribution in [2.24, 2.45) is 0 Å². The fourth-order valence-electron chi connectivity index (χ4n) is 2.61. The highest BCUT2D eigenvalue weighted by Crippen LogP contribution is 2.38. The molecule has 0 amide bonds. The predicted octanol–water partition coefficient (Wildman–Crippen LogP) is 2.73. The van der Waals surface area contributed by atoms with E-state index in [1.807, 2.05) is 6.08 Å². The molecule has 1 saturated heterocycles. The topological polar surface area (TPSA) is 81.6 Å². The lowest BCUT2D eigenvalue weighted by atomic mass is 10.2. The Balaban J connectivity index is 1.74. The molecular weight excluding hydrogens is 350 g/mol.